The van der Waals surface area contributed by atoms with Crippen LogP contribution in [0.25, 0.3) is 0 Å². The summed E-state index contributed by atoms with van der Waals surface area (Å²) in [4.78, 5) is 12.8. The van der Waals surface area contributed by atoms with Crippen LogP contribution in [0.2, 0.25) is 0 Å². The van der Waals surface area contributed by atoms with Crippen molar-refractivity contribution in [3.8, 4) is 5.75 Å². The summed E-state index contributed by atoms with van der Waals surface area (Å²) in [5.74, 6) is 0.735. The van der Waals surface area contributed by atoms with Crippen LogP contribution in [0.3, 0.4) is 0 Å². The largest absolute Gasteiger partial charge is 0.493 e. The minimum Gasteiger partial charge on any atom is -0.493 e. The van der Waals surface area contributed by atoms with E-state index in [0.717, 1.165) is 4.90 Å². The molecule has 0 N–H and O–H groups in total. The Labute approximate surface area is 109 Å². The highest BCUT2D eigenvalue weighted by molar-refractivity contribution is 9.10. The van der Waals surface area contributed by atoms with E-state index in [4.69, 9.17) is 4.74 Å². The predicted octanol–water partition coefficient (Wildman–Crippen LogP) is 3.77. The molecule has 2 nitrogen and oxygen atoms in total. The third kappa shape index (κ3) is 3.01. The third-order valence-electron chi connectivity index (χ3n) is 2.12. The second kappa shape index (κ2) is 6.30. The van der Waals surface area contributed by atoms with E-state index in [0.29, 0.717) is 17.9 Å². The molecular weight excluding hydrogens is 288 g/mol. The molecule has 0 fully saturated rings. The molecule has 16 heavy (non-hydrogen) atoms. The van der Waals surface area contributed by atoms with Gasteiger partial charge in [-0.3, -0.25) is 4.79 Å². The molecule has 1 aromatic rings. The standard InChI is InChI=1S/C12H15BrO2S/c1-4-15-9-6-5-7-10(16-3)11(9)12(14)8(2)13/h5-8H,4H2,1-3H3. The van der Waals surface area contributed by atoms with Crippen LogP contribution in [0.4, 0.5) is 0 Å². The fraction of sp³-hybridized carbons (Fsp3) is 0.417. The predicted molar refractivity (Wildman–Crippen MR) is 72.1 cm³/mol. The number of ketones is 1. The van der Waals surface area contributed by atoms with E-state index in [1.54, 1.807) is 11.8 Å². The smallest absolute Gasteiger partial charge is 0.181 e. The molecule has 0 bridgehead atoms. The number of rotatable bonds is 5. The molecule has 0 amide bonds. The van der Waals surface area contributed by atoms with E-state index >= 15 is 0 Å². The summed E-state index contributed by atoms with van der Waals surface area (Å²) in [5, 5.41) is 0. The number of benzene rings is 1. The lowest BCUT2D eigenvalue weighted by atomic mass is 10.1. The summed E-state index contributed by atoms with van der Waals surface area (Å²) in [7, 11) is 0. The van der Waals surface area contributed by atoms with Gasteiger partial charge in [-0.25, -0.2) is 0 Å². The van der Waals surface area contributed by atoms with Gasteiger partial charge in [-0.1, -0.05) is 22.0 Å². The Bertz CT molecular complexity index is 377. The topological polar surface area (TPSA) is 26.3 Å². The first kappa shape index (κ1) is 13.6. The summed E-state index contributed by atoms with van der Waals surface area (Å²) in [6.07, 6.45) is 1.96. The van der Waals surface area contributed by atoms with Gasteiger partial charge in [0.2, 0.25) is 0 Å². The summed E-state index contributed by atoms with van der Waals surface area (Å²) in [5.41, 5.74) is 0.682. The molecule has 0 aliphatic rings. The van der Waals surface area contributed by atoms with Gasteiger partial charge in [-0.05, 0) is 32.2 Å². The van der Waals surface area contributed by atoms with Crippen LogP contribution in [0.1, 0.15) is 24.2 Å². The Hall–Kier alpha value is -0.480. The van der Waals surface area contributed by atoms with Gasteiger partial charge in [0.15, 0.2) is 5.78 Å². The first-order chi connectivity index (χ1) is 7.61. The van der Waals surface area contributed by atoms with Crippen molar-refractivity contribution in [2.45, 2.75) is 23.6 Å². The molecule has 4 heteroatoms. The molecule has 88 valence electrons. The van der Waals surface area contributed by atoms with E-state index in [1.807, 2.05) is 38.3 Å². The van der Waals surface area contributed by atoms with Gasteiger partial charge >= 0.3 is 0 Å². The first-order valence-corrected chi connectivity index (χ1v) is 7.24. The van der Waals surface area contributed by atoms with Gasteiger partial charge in [0, 0.05) is 4.90 Å². The lowest BCUT2D eigenvalue weighted by Gasteiger charge is -2.13. The van der Waals surface area contributed by atoms with Crippen molar-refractivity contribution < 1.29 is 9.53 Å². The van der Waals surface area contributed by atoms with Gasteiger partial charge in [-0.2, -0.15) is 0 Å². The molecule has 1 unspecified atom stereocenters. The average molecular weight is 303 g/mol. The molecule has 0 aliphatic carbocycles. The third-order valence-corrected chi connectivity index (χ3v) is 3.31. The van der Waals surface area contributed by atoms with Crippen LogP contribution in [0.15, 0.2) is 23.1 Å². The summed E-state index contributed by atoms with van der Waals surface area (Å²) >= 11 is 4.87. The summed E-state index contributed by atoms with van der Waals surface area (Å²) < 4.78 is 5.50. The maximum Gasteiger partial charge on any atom is 0.181 e. The summed E-state index contributed by atoms with van der Waals surface area (Å²) in [6.45, 7) is 4.31. The molecule has 1 rings (SSSR count). The molecule has 0 heterocycles. The van der Waals surface area contributed by atoms with E-state index in [1.165, 1.54) is 0 Å². The van der Waals surface area contributed by atoms with Crippen molar-refractivity contribution in [2.24, 2.45) is 0 Å². The van der Waals surface area contributed by atoms with E-state index in [-0.39, 0.29) is 10.6 Å². The minimum absolute atomic E-state index is 0.0633. The Kier molecular flexibility index (Phi) is 5.35. The van der Waals surface area contributed by atoms with Crippen LogP contribution in [0, 0.1) is 0 Å². The van der Waals surface area contributed by atoms with Gasteiger partial charge in [-0.15, -0.1) is 11.8 Å². The Morgan fingerprint density at radius 1 is 1.56 bits per heavy atom. The van der Waals surface area contributed by atoms with Gasteiger partial charge in [0.25, 0.3) is 0 Å². The number of ether oxygens (including phenoxy) is 1. The zero-order valence-corrected chi connectivity index (χ0v) is 12.0. The zero-order valence-electron chi connectivity index (χ0n) is 9.62. The number of alkyl halides is 1. The van der Waals surface area contributed by atoms with Crippen molar-refractivity contribution in [1.82, 2.24) is 0 Å². The highest BCUT2D eigenvalue weighted by atomic mass is 79.9. The van der Waals surface area contributed by atoms with Gasteiger partial charge < -0.3 is 4.74 Å². The number of carbonyl (C=O) groups excluding carboxylic acids is 1. The number of carbonyl (C=O) groups is 1. The van der Waals surface area contributed by atoms with Gasteiger partial charge in [0.05, 0.1) is 17.0 Å². The second-order valence-electron chi connectivity index (χ2n) is 3.25. The molecule has 0 spiro atoms. The molecule has 1 aromatic carbocycles. The number of hydrogen-bond donors (Lipinski definition) is 0. The quantitative estimate of drug-likeness (QED) is 0.470. The Morgan fingerprint density at radius 2 is 2.25 bits per heavy atom. The Morgan fingerprint density at radius 3 is 2.75 bits per heavy atom. The van der Waals surface area contributed by atoms with E-state index in [9.17, 15) is 4.79 Å². The Balaban J connectivity index is 3.24. The highest BCUT2D eigenvalue weighted by Crippen LogP contribution is 2.31. The van der Waals surface area contributed by atoms with Crippen LogP contribution in [-0.2, 0) is 0 Å². The monoisotopic (exact) mass is 302 g/mol. The average Bonchev–Trinajstić information content (AvgIpc) is 2.28. The fourth-order valence-electron chi connectivity index (χ4n) is 1.40. The SMILES string of the molecule is CCOc1cccc(SC)c1C(=O)C(C)Br. The van der Waals surface area contributed by atoms with Crippen molar-refractivity contribution in [3.63, 3.8) is 0 Å². The van der Waals surface area contributed by atoms with E-state index in [2.05, 4.69) is 15.9 Å². The van der Waals surface area contributed by atoms with Crippen molar-refractivity contribution in [3.05, 3.63) is 23.8 Å². The summed E-state index contributed by atoms with van der Waals surface area (Å²) in [6, 6.07) is 5.69. The van der Waals surface area contributed by atoms with Crippen LogP contribution < -0.4 is 4.74 Å². The molecule has 1 atom stereocenters. The number of Topliss-reactive ketones (excluding diaryl/α,β-unsaturated/α-hetero) is 1. The van der Waals surface area contributed by atoms with Gasteiger partial charge in [0.1, 0.15) is 5.75 Å². The molecule has 0 aliphatic heterocycles. The lowest BCUT2D eigenvalue weighted by molar-refractivity contribution is 0.0989. The second-order valence-corrected chi connectivity index (χ2v) is 5.47. The molecule has 0 radical (unpaired) electrons. The van der Waals surface area contributed by atoms with Crippen molar-refractivity contribution in [2.75, 3.05) is 12.9 Å². The zero-order chi connectivity index (χ0) is 12.1. The van der Waals surface area contributed by atoms with Crippen LogP contribution in [-0.4, -0.2) is 23.5 Å². The van der Waals surface area contributed by atoms with Crippen molar-refractivity contribution in [1.29, 1.82) is 0 Å². The normalized spacial score (nSPS) is 12.2. The van der Waals surface area contributed by atoms with Crippen LogP contribution >= 0.6 is 27.7 Å². The molecule has 0 saturated heterocycles. The van der Waals surface area contributed by atoms with Crippen molar-refractivity contribution >= 4 is 33.5 Å². The number of halogens is 1. The maximum absolute atomic E-state index is 12.1. The highest BCUT2D eigenvalue weighted by Gasteiger charge is 2.20. The molecule has 0 aromatic heterocycles. The molecule has 0 saturated carbocycles. The fourth-order valence-corrected chi connectivity index (χ4v) is 2.25. The first-order valence-electron chi connectivity index (χ1n) is 5.09. The van der Waals surface area contributed by atoms with E-state index < -0.39 is 0 Å². The molecular formula is C12H15BrO2S. The number of hydrogen-bond acceptors (Lipinski definition) is 3. The maximum atomic E-state index is 12.1. The van der Waals surface area contributed by atoms with Crippen LogP contribution in [0.5, 0.6) is 5.75 Å². The number of thioether (sulfide) groups is 1. The lowest BCUT2D eigenvalue weighted by Crippen LogP contribution is -2.13. The minimum atomic E-state index is -0.194.